The molecule has 0 heterocycles. The highest BCUT2D eigenvalue weighted by molar-refractivity contribution is 6.07. The molecular formula is C13H9F3N2O. The van der Waals surface area contributed by atoms with Gasteiger partial charge in [0.05, 0.1) is 11.3 Å². The van der Waals surface area contributed by atoms with E-state index in [4.69, 9.17) is 5.73 Å². The van der Waals surface area contributed by atoms with Crippen molar-refractivity contribution in [3.8, 4) is 0 Å². The number of nitrogens with two attached hydrogens (primary N) is 1. The molecule has 0 aliphatic heterocycles. The number of nitrogen functional groups attached to an aromatic ring is 1. The third kappa shape index (κ3) is 2.67. The largest absolute Gasteiger partial charge is 0.398 e. The maximum Gasteiger partial charge on any atom is 0.257 e. The highest BCUT2D eigenvalue weighted by atomic mass is 19.2. The molecule has 0 spiro atoms. The fourth-order valence-electron chi connectivity index (χ4n) is 1.54. The van der Waals surface area contributed by atoms with E-state index >= 15 is 0 Å². The second kappa shape index (κ2) is 5.01. The van der Waals surface area contributed by atoms with Crippen LogP contribution in [0.15, 0.2) is 36.4 Å². The van der Waals surface area contributed by atoms with Crippen LogP contribution in [0.1, 0.15) is 10.4 Å². The van der Waals surface area contributed by atoms with Crippen molar-refractivity contribution in [1.29, 1.82) is 0 Å². The molecule has 1 amide bonds. The number of amides is 1. The Hall–Kier alpha value is -2.50. The third-order valence-electron chi connectivity index (χ3n) is 2.45. The summed E-state index contributed by atoms with van der Waals surface area (Å²) in [6, 6.07) is 7.16. The van der Waals surface area contributed by atoms with Gasteiger partial charge < -0.3 is 11.1 Å². The van der Waals surface area contributed by atoms with Crippen molar-refractivity contribution in [2.75, 3.05) is 11.1 Å². The average Bonchev–Trinajstić information content (AvgIpc) is 2.35. The van der Waals surface area contributed by atoms with Gasteiger partial charge in [0.1, 0.15) is 5.82 Å². The van der Waals surface area contributed by atoms with Crippen LogP contribution in [0.2, 0.25) is 0 Å². The summed E-state index contributed by atoms with van der Waals surface area (Å²) in [7, 11) is 0. The van der Waals surface area contributed by atoms with Gasteiger partial charge in [-0.25, -0.2) is 13.2 Å². The Bertz CT molecular complexity index is 644. The molecule has 0 unspecified atom stereocenters. The minimum absolute atomic E-state index is 0.0894. The summed E-state index contributed by atoms with van der Waals surface area (Å²) in [5.74, 6) is -4.45. The number of anilines is 2. The van der Waals surface area contributed by atoms with Crippen LogP contribution in [0.3, 0.4) is 0 Å². The third-order valence-corrected chi connectivity index (χ3v) is 2.45. The van der Waals surface area contributed by atoms with Crippen LogP contribution in [0.25, 0.3) is 0 Å². The topological polar surface area (TPSA) is 55.1 Å². The van der Waals surface area contributed by atoms with Gasteiger partial charge in [-0.2, -0.15) is 0 Å². The normalized spacial score (nSPS) is 10.3. The van der Waals surface area contributed by atoms with E-state index in [0.29, 0.717) is 12.1 Å². The Morgan fingerprint density at radius 1 is 1.11 bits per heavy atom. The first-order valence-electron chi connectivity index (χ1n) is 5.29. The number of nitrogens with one attached hydrogen (secondary N) is 1. The van der Waals surface area contributed by atoms with Crippen molar-refractivity contribution in [2.24, 2.45) is 0 Å². The van der Waals surface area contributed by atoms with Gasteiger partial charge in [-0.3, -0.25) is 4.79 Å². The molecule has 0 aliphatic carbocycles. The molecular weight excluding hydrogens is 257 g/mol. The molecule has 3 N–H and O–H groups in total. The van der Waals surface area contributed by atoms with Crippen LogP contribution in [-0.4, -0.2) is 5.91 Å². The van der Waals surface area contributed by atoms with E-state index in [1.54, 1.807) is 12.1 Å². The molecule has 0 fully saturated rings. The van der Waals surface area contributed by atoms with Crippen molar-refractivity contribution in [3.05, 3.63) is 59.4 Å². The van der Waals surface area contributed by atoms with Gasteiger partial charge in [0.25, 0.3) is 5.91 Å². The lowest BCUT2D eigenvalue weighted by Crippen LogP contribution is -2.15. The molecule has 3 nitrogen and oxygen atoms in total. The Labute approximate surface area is 106 Å². The molecule has 6 heteroatoms. The zero-order chi connectivity index (χ0) is 14.0. The van der Waals surface area contributed by atoms with E-state index < -0.39 is 29.0 Å². The van der Waals surface area contributed by atoms with Crippen LogP contribution in [-0.2, 0) is 0 Å². The lowest BCUT2D eigenvalue weighted by Gasteiger charge is -2.08. The number of carbonyl (C=O) groups is 1. The molecule has 2 aromatic carbocycles. The van der Waals surface area contributed by atoms with E-state index in [1.807, 2.05) is 0 Å². The van der Waals surface area contributed by atoms with Crippen LogP contribution in [0, 0.1) is 17.5 Å². The first-order chi connectivity index (χ1) is 8.99. The zero-order valence-electron chi connectivity index (χ0n) is 9.58. The maximum atomic E-state index is 13.4. The van der Waals surface area contributed by atoms with Gasteiger partial charge in [0, 0.05) is 17.8 Å². The van der Waals surface area contributed by atoms with Gasteiger partial charge in [-0.15, -0.1) is 0 Å². The molecule has 98 valence electrons. The van der Waals surface area contributed by atoms with Gasteiger partial charge in [0.2, 0.25) is 0 Å². The van der Waals surface area contributed by atoms with Crippen LogP contribution in [0.5, 0.6) is 0 Å². The summed E-state index contributed by atoms with van der Waals surface area (Å²) in [5, 5.41) is 2.08. The summed E-state index contributed by atoms with van der Waals surface area (Å²) < 4.78 is 39.3. The molecule has 0 radical (unpaired) electrons. The zero-order valence-corrected chi connectivity index (χ0v) is 9.58. The highest BCUT2D eigenvalue weighted by Crippen LogP contribution is 2.21. The van der Waals surface area contributed by atoms with Gasteiger partial charge >= 0.3 is 0 Å². The Kier molecular flexibility index (Phi) is 3.41. The molecule has 0 saturated heterocycles. The minimum atomic E-state index is -1.38. The minimum Gasteiger partial charge on any atom is -0.398 e. The fourth-order valence-corrected chi connectivity index (χ4v) is 1.54. The van der Waals surface area contributed by atoms with Crippen LogP contribution >= 0.6 is 0 Å². The van der Waals surface area contributed by atoms with Crippen LogP contribution in [0.4, 0.5) is 24.5 Å². The molecule has 0 aromatic heterocycles. The van der Waals surface area contributed by atoms with Crippen molar-refractivity contribution in [1.82, 2.24) is 0 Å². The second-order valence-corrected chi connectivity index (χ2v) is 3.79. The summed E-state index contributed by atoms with van der Waals surface area (Å²) >= 11 is 0. The standard InChI is InChI=1S/C13H9F3N2O/c14-7-5-9(15)12(16)11(6-7)18-13(19)8-3-1-2-4-10(8)17/h1-6H,17H2,(H,18,19). The number of carbonyl (C=O) groups excluding carboxylic acids is 1. The summed E-state index contributed by atoms with van der Waals surface area (Å²) in [5.41, 5.74) is 5.26. The molecule has 0 atom stereocenters. The van der Waals surface area contributed by atoms with E-state index in [-0.39, 0.29) is 11.3 Å². The monoisotopic (exact) mass is 266 g/mol. The lowest BCUT2D eigenvalue weighted by atomic mass is 10.1. The molecule has 0 aliphatic rings. The maximum absolute atomic E-state index is 13.4. The van der Waals surface area contributed by atoms with Gasteiger partial charge in [0.15, 0.2) is 11.6 Å². The molecule has 0 saturated carbocycles. The number of benzene rings is 2. The summed E-state index contributed by atoms with van der Waals surface area (Å²) in [4.78, 5) is 11.8. The van der Waals surface area contributed by atoms with E-state index in [1.165, 1.54) is 12.1 Å². The van der Waals surface area contributed by atoms with E-state index in [0.717, 1.165) is 0 Å². The number of para-hydroxylation sites is 1. The summed E-state index contributed by atoms with van der Waals surface area (Å²) in [6.45, 7) is 0. The van der Waals surface area contributed by atoms with Gasteiger partial charge in [-0.1, -0.05) is 12.1 Å². The molecule has 0 bridgehead atoms. The van der Waals surface area contributed by atoms with E-state index in [2.05, 4.69) is 5.32 Å². The quantitative estimate of drug-likeness (QED) is 0.648. The average molecular weight is 266 g/mol. The van der Waals surface area contributed by atoms with Crippen molar-refractivity contribution in [2.45, 2.75) is 0 Å². The molecule has 2 rings (SSSR count). The van der Waals surface area contributed by atoms with Crippen molar-refractivity contribution < 1.29 is 18.0 Å². The Morgan fingerprint density at radius 2 is 1.79 bits per heavy atom. The SMILES string of the molecule is Nc1ccccc1C(=O)Nc1cc(F)cc(F)c1F. The van der Waals surface area contributed by atoms with Crippen molar-refractivity contribution in [3.63, 3.8) is 0 Å². The first-order valence-corrected chi connectivity index (χ1v) is 5.29. The van der Waals surface area contributed by atoms with E-state index in [9.17, 15) is 18.0 Å². The fraction of sp³-hybridized carbons (Fsp3) is 0. The Morgan fingerprint density at radius 3 is 2.47 bits per heavy atom. The van der Waals surface area contributed by atoms with Gasteiger partial charge in [-0.05, 0) is 12.1 Å². The number of hydrogen-bond donors (Lipinski definition) is 2. The highest BCUT2D eigenvalue weighted by Gasteiger charge is 2.15. The van der Waals surface area contributed by atoms with Crippen LogP contribution < -0.4 is 11.1 Å². The lowest BCUT2D eigenvalue weighted by molar-refractivity contribution is 0.102. The number of hydrogen-bond acceptors (Lipinski definition) is 2. The Balaban J connectivity index is 2.32. The number of rotatable bonds is 2. The predicted octanol–water partition coefficient (Wildman–Crippen LogP) is 2.94. The van der Waals surface area contributed by atoms with Crippen molar-refractivity contribution >= 4 is 17.3 Å². The second-order valence-electron chi connectivity index (χ2n) is 3.79. The molecule has 2 aromatic rings. The number of halogens is 3. The summed E-state index contributed by atoms with van der Waals surface area (Å²) in [6.07, 6.45) is 0. The first kappa shape index (κ1) is 12.9. The molecule has 19 heavy (non-hydrogen) atoms. The predicted molar refractivity (Wildman–Crippen MR) is 65.1 cm³/mol. The smallest absolute Gasteiger partial charge is 0.257 e.